The third kappa shape index (κ3) is 5.09. The molecule has 0 unspecified atom stereocenters. The molecule has 1 aliphatic carbocycles. The van der Waals surface area contributed by atoms with Gasteiger partial charge in [-0.1, -0.05) is 48.2 Å². The van der Waals surface area contributed by atoms with Crippen LogP contribution in [0, 0.1) is 0 Å². The van der Waals surface area contributed by atoms with Crippen molar-refractivity contribution in [2.24, 2.45) is 0 Å². The number of amides is 1. The second-order valence-corrected chi connectivity index (χ2v) is 11.4. The number of allylic oxidation sites excluding steroid dienone is 1. The lowest BCUT2D eigenvalue weighted by atomic mass is 9.97. The quantitative estimate of drug-likeness (QED) is 0.256. The number of carbonyl (C=O) groups excluding carboxylic acids is 1. The van der Waals surface area contributed by atoms with E-state index >= 15 is 0 Å². The summed E-state index contributed by atoms with van der Waals surface area (Å²) in [6.07, 6.45) is 5.98. The van der Waals surface area contributed by atoms with E-state index in [0.29, 0.717) is 18.2 Å². The topological polar surface area (TPSA) is 55.2 Å². The van der Waals surface area contributed by atoms with Gasteiger partial charge in [0.2, 0.25) is 5.91 Å². The van der Waals surface area contributed by atoms with Crippen molar-refractivity contribution in [2.45, 2.75) is 70.2 Å². The first-order chi connectivity index (χ1) is 15.8. The van der Waals surface area contributed by atoms with E-state index in [1.807, 2.05) is 56.0 Å². The lowest BCUT2D eigenvalue weighted by Crippen LogP contribution is -2.46. The fourth-order valence-corrected chi connectivity index (χ4v) is 6.48. The van der Waals surface area contributed by atoms with Crippen LogP contribution in [0.3, 0.4) is 0 Å². The van der Waals surface area contributed by atoms with Gasteiger partial charge in [0.05, 0.1) is 11.1 Å². The Morgan fingerprint density at radius 1 is 1.24 bits per heavy atom. The molecule has 1 aliphatic rings. The largest absolute Gasteiger partial charge is 0.333 e. The van der Waals surface area contributed by atoms with Crippen molar-refractivity contribution in [1.82, 2.24) is 14.5 Å². The molecule has 5 nitrogen and oxygen atoms in total. The number of hydrogen-bond acceptors (Lipinski definition) is 5. The van der Waals surface area contributed by atoms with E-state index in [2.05, 4.69) is 6.58 Å². The molecule has 4 rings (SSSR count). The van der Waals surface area contributed by atoms with Crippen LogP contribution in [0.25, 0.3) is 10.2 Å². The van der Waals surface area contributed by atoms with E-state index in [-0.39, 0.29) is 22.8 Å². The SMILES string of the molecule is C=CCn1c(SCC(=O)N(Cc2ccccc2)C(C)(C)C)nc2sc3c(c2c1=O)CCCC3. The highest BCUT2D eigenvalue weighted by Gasteiger charge is 2.27. The fraction of sp³-hybridized carbons (Fsp3) is 0.423. The molecule has 1 aromatic carbocycles. The zero-order chi connectivity index (χ0) is 23.6. The molecule has 0 N–H and O–H groups in total. The highest BCUT2D eigenvalue weighted by atomic mass is 32.2. The van der Waals surface area contributed by atoms with Gasteiger partial charge < -0.3 is 4.90 Å². The van der Waals surface area contributed by atoms with E-state index in [1.165, 1.54) is 28.6 Å². The lowest BCUT2D eigenvalue weighted by molar-refractivity contribution is -0.133. The molecule has 1 amide bonds. The highest BCUT2D eigenvalue weighted by molar-refractivity contribution is 7.99. The van der Waals surface area contributed by atoms with E-state index in [1.54, 1.807) is 22.0 Å². The molecule has 174 valence electrons. The van der Waals surface area contributed by atoms with Gasteiger partial charge in [-0.2, -0.15) is 0 Å². The fourth-order valence-electron chi connectivity index (χ4n) is 4.29. The molecular formula is C26H31N3O2S2. The first-order valence-electron chi connectivity index (χ1n) is 11.4. The number of hydrogen-bond donors (Lipinski definition) is 0. The minimum Gasteiger partial charge on any atom is -0.333 e. The van der Waals surface area contributed by atoms with Crippen LogP contribution >= 0.6 is 23.1 Å². The first kappa shape index (κ1) is 23.8. The molecule has 0 fully saturated rings. The molecule has 0 aliphatic heterocycles. The van der Waals surface area contributed by atoms with Crippen molar-refractivity contribution in [3.8, 4) is 0 Å². The monoisotopic (exact) mass is 481 g/mol. The zero-order valence-corrected chi connectivity index (χ0v) is 21.2. The maximum atomic E-state index is 13.4. The van der Waals surface area contributed by atoms with Gasteiger partial charge in [-0.25, -0.2) is 4.98 Å². The summed E-state index contributed by atoms with van der Waals surface area (Å²) in [5, 5.41) is 1.36. The lowest BCUT2D eigenvalue weighted by Gasteiger charge is -2.36. The maximum absolute atomic E-state index is 13.4. The van der Waals surface area contributed by atoms with Gasteiger partial charge in [0, 0.05) is 23.5 Å². The van der Waals surface area contributed by atoms with E-state index in [0.717, 1.165) is 35.0 Å². The Bertz CT molecular complexity index is 1220. The highest BCUT2D eigenvalue weighted by Crippen LogP contribution is 2.35. The van der Waals surface area contributed by atoms with Gasteiger partial charge in [-0.15, -0.1) is 17.9 Å². The summed E-state index contributed by atoms with van der Waals surface area (Å²) < 4.78 is 1.67. The smallest absolute Gasteiger partial charge is 0.263 e. The molecule has 0 bridgehead atoms. The van der Waals surface area contributed by atoms with Gasteiger partial charge >= 0.3 is 0 Å². The van der Waals surface area contributed by atoms with E-state index in [9.17, 15) is 9.59 Å². The van der Waals surface area contributed by atoms with Crippen molar-refractivity contribution < 1.29 is 4.79 Å². The summed E-state index contributed by atoms with van der Waals surface area (Å²) in [4.78, 5) is 35.6. The standard InChI is InChI=1S/C26H31N3O2S2/c1-5-15-28-24(31)22-19-13-9-10-14-20(19)33-23(22)27-25(28)32-17-21(30)29(26(2,3)4)16-18-11-7-6-8-12-18/h5-8,11-12H,1,9-10,13-17H2,2-4H3. The number of rotatable bonds is 7. The first-order valence-corrected chi connectivity index (χ1v) is 13.2. The summed E-state index contributed by atoms with van der Waals surface area (Å²) >= 11 is 2.99. The molecule has 33 heavy (non-hydrogen) atoms. The Morgan fingerprint density at radius 3 is 2.67 bits per heavy atom. The van der Waals surface area contributed by atoms with Crippen molar-refractivity contribution in [2.75, 3.05) is 5.75 Å². The predicted octanol–water partition coefficient (Wildman–Crippen LogP) is 5.44. The van der Waals surface area contributed by atoms with Crippen LogP contribution in [-0.4, -0.2) is 31.6 Å². The molecular weight excluding hydrogens is 450 g/mol. The van der Waals surface area contributed by atoms with Gasteiger partial charge in [-0.3, -0.25) is 14.2 Å². The summed E-state index contributed by atoms with van der Waals surface area (Å²) in [7, 11) is 0. The molecule has 0 saturated carbocycles. The second kappa shape index (κ2) is 9.85. The minimum atomic E-state index is -0.321. The summed E-state index contributed by atoms with van der Waals surface area (Å²) in [6, 6.07) is 10.0. The van der Waals surface area contributed by atoms with E-state index in [4.69, 9.17) is 4.98 Å². The third-order valence-corrected chi connectivity index (χ3v) is 8.12. The molecule has 2 aromatic heterocycles. The van der Waals surface area contributed by atoms with Crippen molar-refractivity contribution >= 4 is 39.2 Å². The molecule has 3 aromatic rings. The summed E-state index contributed by atoms with van der Waals surface area (Å²) in [6.45, 7) is 10.9. The van der Waals surface area contributed by atoms with Crippen LogP contribution in [0.2, 0.25) is 0 Å². The molecule has 7 heteroatoms. The molecule has 0 spiro atoms. The number of fused-ring (bicyclic) bond motifs is 3. The van der Waals surface area contributed by atoms with Crippen LogP contribution in [0.4, 0.5) is 0 Å². The van der Waals surface area contributed by atoms with Gasteiger partial charge in [0.1, 0.15) is 4.83 Å². The molecule has 0 atom stereocenters. The van der Waals surface area contributed by atoms with Crippen molar-refractivity contribution in [1.29, 1.82) is 0 Å². The second-order valence-electron chi connectivity index (χ2n) is 9.41. The summed E-state index contributed by atoms with van der Waals surface area (Å²) in [5.41, 5.74) is 1.95. The average Bonchev–Trinajstić information content (AvgIpc) is 3.16. The Morgan fingerprint density at radius 2 is 1.97 bits per heavy atom. The Kier molecular flexibility index (Phi) is 7.10. The van der Waals surface area contributed by atoms with Crippen molar-refractivity contribution in [3.05, 3.63) is 69.3 Å². The number of aryl methyl sites for hydroxylation is 2. The normalized spacial score (nSPS) is 13.7. The molecule has 0 saturated heterocycles. The Hall–Kier alpha value is -2.38. The number of benzene rings is 1. The minimum absolute atomic E-state index is 0.00814. The molecule has 2 heterocycles. The van der Waals surface area contributed by atoms with Gasteiger partial charge in [0.15, 0.2) is 5.16 Å². The molecule has 0 radical (unpaired) electrons. The third-order valence-electron chi connectivity index (χ3n) is 5.97. The predicted molar refractivity (Wildman–Crippen MR) is 138 cm³/mol. The number of carbonyl (C=O) groups is 1. The van der Waals surface area contributed by atoms with Crippen LogP contribution in [0.1, 0.15) is 49.6 Å². The number of nitrogens with zero attached hydrogens (tertiary/aromatic N) is 3. The zero-order valence-electron chi connectivity index (χ0n) is 19.6. The number of thiophene rings is 1. The van der Waals surface area contributed by atoms with Crippen LogP contribution in [0.15, 0.2) is 52.9 Å². The van der Waals surface area contributed by atoms with E-state index < -0.39 is 0 Å². The summed E-state index contributed by atoms with van der Waals surface area (Å²) in [5.74, 6) is 0.255. The van der Waals surface area contributed by atoms with Crippen molar-refractivity contribution in [3.63, 3.8) is 0 Å². The van der Waals surface area contributed by atoms with Crippen LogP contribution in [-0.2, 0) is 30.7 Å². The average molecular weight is 482 g/mol. The van der Waals surface area contributed by atoms with Crippen LogP contribution < -0.4 is 5.56 Å². The van der Waals surface area contributed by atoms with Crippen LogP contribution in [0.5, 0.6) is 0 Å². The number of aromatic nitrogens is 2. The Labute approximate surface area is 203 Å². The van der Waals surface area contributed by atoms with Gasteiger partial charge in [-0.05, 0) is 57.6 Å². The Balaban J connectivity index is 1.62. The van der Waals surface area contributed by atoms with Gasteiger partial charge in [0.25, 0.3) is 5.56 Å². The maximum Gasteiger partial charge on any atom is 0.263 e. The number of thioether (sulfide) groups is 1.